The Kier molecular flexibility index (Phi) is 5.18. The van der Waals surface area contributed by atoms with E-state index in [9.17, 15) is 0 Å². The summed E-state index contributed by atoms with van der Waals surface area (Å²) in [5, 5.41) is 3.72. The minimum absolute atomic E-state index is 0.518. The van der Waals surface area contributed by atoms with Crippen molar-refractivity contribution in [2.24, 2.45) is 5.92 Å². The van der Waals surface area contributed by atoms with Gasteiger partial charge in [0, 0.05) is 12.5 Å². The summed E-state index contributed by atoms with van der Waals surface area (Å²) in [6.45, 7) is 4.12. The van der Waals surface area contributed by atoms with Gasteiger partial charge >= 0.3 is 0 Å². The monoisotopic (exact) mass is 287 g/mol. The lowest BCUT2D eigenvalue weighted by Crippen LogP contribution is -2.23. The fraction of sp³-hybridized carbons (Fsp3) is 0.684. The highest BCUT2D eigenvalue weighted by molar-refractivity contribution is 5.40. The molecule has 1 fully saturated rings. The van der Waals surface area contributed by atoms with Gasteiger partial charge < -0.3 is 10.1 Å². The molecule has 1 atom stereocenters. The Morgan fingerprint density at radius 1 is 1.19 bits per heavy atom. The molecule has 2 heteroatoms. The molecular weight excluding hydrogens is 258 g/mol. The fourth-order valence-corrected chi connectivity index (χ4v) is 3.94. The topological polar surface area (TPSA) is 21.3 Å². The number of nitrogens with one attached hydrogen (secondary N) is 1. The fourth-order valence-electron chi connectivity index (χ4n) is 3.94. The van der Waals surface area contributed by atoms with E-state index in [0.717, 1.165) is 31.2 Å². The number of fused-ring (bicyclic) bond motifs is 1. The lowest BCUT2D eigenvalue weighted by molar-refractivity contribution is 0.355. The summed E-state index contributed by atoms with van der Waals surface area (Å²) >= 11 is 0. The van der Waals surface area contributed by atoms with Crippen molar-refractivity contribution in [2.75, 3.05) is 13.2 Å². The molecule has 21 heavy (non-hydrogen) atoms. The maximum atomic E-state index is 5.64. The zero-order chi connectivity index (χ0) is 14.5. The Balaban J connectivity index is 1.71. The molecule has 1 saturated carbocycles. The largest absolute Gasteiger partial charge is 0.493 e. The van der Waals surface area contributed by atoms with Crippen LogP contribution in [0.15, 0.2) is 18.2 Å². The van der Waals surface area contributed by atoms with Crippen molar-refractivity contribution in [3.05, 3.63) is 29.3 Å². The summed E-state index contributed by atoms with van der Waals surface area (Å²) in [4.78, 5) is 0. The number of benzene rings is 1. The molecule has 0 radical (unpaired) electrons. The molecule has 0 saturated heterocycles. The van der Waals surface area contributed by atoms with Crippen LogP contribution in [-0.2, 0) is 6.42 Å². The molecule has 1 heterocycles. The summed E-state index contributed by atoms with van der Waals surface area (Å²) in [6, 6.07) is 7.35. The second-order valence-corrected chi connectivity index (χ2v) is 6.67. The lowest BCUT2D eigenvalue weighted by atomic mass is 9.89. The van der Waals surface area contributed by atoms with Gasteiger partial charge in [-0.2, -0.15) is 0 Å². The molecule has 1 N–H and O–H groups in total. The van der Waals surface area contributed by atoms with Crippen molar-refractivity contribution in [2.45, 2.75) is 64.3 Å². The number of hydrogen-bond donors (Lipinski definition) is 1. The second kappa shape index (κ2) is 7.31. The number of ether oxygens (including phenoxy) is 1. The van der Waals surface area contributed by atoms with Gasteiger partial charge in [-0.15, -0.1) is 0 Å². The van der Waals surface area contributed by atoms with Crippen LogP contribution >= 0.6 is 0 Å². The van der Waals surface area contributed by atoms with Crippen LogP contribution in [0.1, 0.15) is 69.0 Å². The van der Waals surface area contributed by atoms with Crippen LogP contribution in [-0.4, -0.2) is 13.2 Å². The average molecular weight is 287 g/mol. The van der Waals surface area contributed by atoms with Crippen molar-refractivity contribution < 1.29 is 4.74 Å². The van der Waals surface area contributed by atoms with E-state index in [1.54, 1.807) is 0 Å². The maximum absolute atomic E-state index is 5.64. The third-order valence-corrected chi connectivity index (χ3v) is 5.11. The van der Waals surface area contributed by atoms with Gasteiger partial charge in [0.05, 0.1) is 6.61 Å². The molecule has 0 aromatic heterocycles. The normalized spacial score (nSPS) is 20.6. The molecule has 1 aliphatic carbocycles. The summed E-state index contributed by atoms with van der Waals surface area (Å²) in [5.41, 5.74) is 2.86. The van der Waals surface area contributed by atoms with Crippen LogP contribution in [0.2, 0.25) is 0 Å². The quantitative estimate of drug-likeness (QED) is 0.797. The second-order valence-electron chi connectivity index (χ2n) is 6.67. The van der Waals surface area contributed by atoms with Gasteiger partial charge in [0.15, 0.2) is 0 Å². The van der Waals surface area contributed by atoms with E-state index in [4.69, 9.17) is 4.74 Å². The Labute approximate surface area is 129 Å². The van der Waals surface area contributed by atoms with Crippen LogP contribution in [0.5, 0.6) is 5.75 Å². The molecule has 3 rings (SSSR count). The third-order valence-electron chi connectivity index (χ3n) is 5.11. The molecule has 0 spiro atoms. The summed E-state index contributed by atoms with van der Waals surface area (Å²) in [6.07, 6.45) is 11.0. The van der Waals surface area contributed by atoms with E-state index in [2.05, 4.69) is 30.4 Å². The molecule has 2 nitrogen and oxygen atoms in total. The predicted octanol–water partition coefficient (Wildman–Crippen LogP) is 4.63. The summed E-state index contributed by atoms with van der Waals surface area (Å²) in [5.74, 6) is 2.00. The molecule has 1 aliphatic heterocycles. The highest BCUT2D eigenvalue weighted by Gasteiger charge is 2.21. The smallest absolute Gasteiger partial charge is 0.122 e. The van der Waals surface area contributed by atoms with Gasteiger partial charge in [-0.1, -0.05) is 57.6 Å². The molecule has 0 amide bonds. The average Bonchev–Trinajstić information content (AvgIpc) is 2.82. The maximum Gasteiger partial charge on any atom is 0.122 e. The minimum atomic E-state index is 0.518. The van der Waals surface area contributed by atoms with Crippen LogP contribution in [0.25, 0.3) is 0 Å². The molecule has 2 aliphatic rings. The molecule has 116 valence electrons. The van der Waals surface area contributed by atoms with E-state index in [0.29, 0.717) is 6.04 Å². The highest BCUT2D eigenvalue weighted by atomic mass is 16.5. The molecule has 1 aromatic rings. The van der Waals surface area contributed by atoms with E-state index >= 15 is 0 Å². The first-order chi connectivity index (χ1) is 10.4. The van der Waals surface area contributed by atoms with E-state index in [-0.39, 0.29) is 0 Å². The lowest BCUT2D eigenvalue weighted by Gasteiger charge is -2.24. The molecule has 0 bridgehead atoms. The molecule has 1 unspecified atom stereocenters. The van der Waals surface area contributed by atoms with Gasteiger partial charge in [-0.25, -0.2) is 0 Å². The van der Waals surface area contributed by atoms with Crippen LogP contribution < -0.4 is 10.1 Å². The standard InChI is InChI=1S/C19H29NO/c1-2-20-18(13-15-7-5-3-4-6-8-15)16-9-10-19-17(14-16)11-12-21-19/h9-10,14-15,18,20H,2-8,11-13H2,1H3. The SMILES string of the molecule is CCNC(CC1CCCCCC1)c1ccc2c(c1)CCO2. The zero-order valence-electron chi connectivity index (χ0n) is 13.4. The van der Waals surface area contributed by atoms with E-state index in [1.165, 1.54) is 56.1 Å². The van der Waals surface area contributed by atoms with Gasteiger partial charge in [0.25, 0.3) is 0 Å². The van der Waals surface area contributed by atoms with Crippen LogP contribution in [0.3, 0.4) is 0 Å². The Morgan fingerprint density at radius 3 is 2.76 bits per heavy atom. The van der Waals surface area contributed by atoms with Gasteiger partial charge in [-0.3, -0.25) is 0 Å². The Hall–Kier alpha value is -1.02. The Bertz CT molecular complexity index is 449. The van der Waals surface area contributed by atoms with Crippen molar-refractivity contribution >= 4 is 0 Å². The number of rotatable bonds is 5. The van der Waals surface area contributed by atoms with Crippen molar-refractivity contribution in [1.82, 2.24) is 5.32 Å². The molecule has 1 aromatic carbocycles. The minimum Gasteiger partial charge on any atom is -0.493 e. The van der Waals surface area contributed by atoms with Crippen molar-refractivity contribution in [3.8, 4) is 5.75 Å². The first-order valence-corrected chi connectivity index (χ1v) is 8.86. The zero-order valence-corrected chi connectivity index (χ0v) is 13.4. The van der Waals surface area contributed by atoms with Crippen LogP contribution in [0, 0.1) is 5.92 Å². The highest BCUT2D eigenvalue weighted by Crippen LogP contribution is 2.34. The van der Waals surface area contributed by atoms with Gasteiger partial charge in [0.1, 0.15) is 5.75 Å². The first-order valence-electron chi connectivity index (χ1n) is 8.86. The summed E-state index contributed by atoms with van der Waals surface area (Å²) < 4.78 is 5.64. The van der Waals surface area contributed by atoms with Crippen molar-refractivity contribution in [3.63, 3.8) is 0 Å². The van der Waals surface area contributed by atoms with Crippen molar-refractivity contribution in [1.29, 1.82) is 0 Å². The van der Waals surface area contributed by atoms with Gasteiger partial charge in [-0.05, 0) is 36.1 Å². The third kappa shape index (κ3) is 3.79. The van der Waals surface area contributed by atoms with E-state index < -0.39 is 0 Å². The van der Waals surface area contributed by atoms with E-state index in [1.807, 2.05) is 0 Å². The number of hydrogen-bond acceptors (Lipinski definition) is 2. The summed E-state index contributed by atoms with van der Waals surface area (Å²) in [7, 11) is 0. The Morgan fingerprint density at radius 2 is 2.00 bits per heavy atom. The first kappa shape index (κ1) is 14.9. The van der Waals surface area contributed by atoms with Crippen LogP contribution in [0.4, 0.5) is 0 Å². The predicted molar refractivity (Wildman–Crippen MR) is 87.9 cm³/mol. The van der Waals surface area contributed by atoms with Gasteiger partial charge in [0.2, 0.25) is 0 Å². The molecular formula is C19H29NO.